The summed E-state index contributed by atoms with van der Waals surface area (Å²) in [4.78, 5) is 11.8. The zero-order valence-electron chi connectivity index (χ0n) is 11.8. The number of aromatic nitrogens is 5. The molecule has 0 aromatic carbocycles. The Balaban J connectivity index is 1.95. The predicted octanol–water partition coefficient (Wildman–Crippen LogP) is 0.637. The summed E-state index contributed by atoms with van der Waals surface area (Å²) in [6.07, 6.45) is 5.94. The molecule has 0 bridgehead atoms. The van der Waals surface area contributed by atoms with Crippen LogP contribution in [0.2, 0.25) is 0 Å². The van der Waals surface area contributed by atoms with Crippen molar-refractivity contribution in [3.8, 4) is 5.75 Å². The monoisotopic (exact) mass is 320 g/mol. The van der Waals surface area contributed by atoms with E-state index in [0.29, 0.717) is 11.5 Å². The number of fused-ring (bicyclic) bond motifs is 1. The Kier molecular flexibility index (Phi) is 3.37. The summed E-state index contributed by atoms with van der Waals surface area (Å²) >= 11 is 0. The third kappa shape index (κ3) is 2.68. The van der Waals surface area contributed by atoms with E-state index in [2.05, 4.69) is 24.8 Å². The molecule has 0 unspecified atom stereocenters. The van der Waals surface area contributed by atoms with Gasteiger partial charge in [0.15, 0.2) is 0 Å². The van der Waals surface area contributed by atoms with Crippen LogP contribution in [0.25, 0.3) is 5.78 Å². The quantitative estimate of drug-likeness (QED) is 0.750. The Morgan fingerprint density at radius 3 is 2.86 bits per heavy atom. The molecule has 0 aliphatic heterocycles. The molecule has 0 aliphatic carbocycles. The van der Waals surface area contributed by atoms with Crippen LogP contribution in [0.5, 0.6) is 5.75 Å². The summed E-state index contributed by atoms with van der Waals surface area (Å²) in [7, 11) is -2.43. The first-order valence-electron chi connectivity index (χ1n) is 6.19. The lowest BCUT2D eigenvalue weighted by molar-refractivity contribution is 0.411. The van der Waals surface area contributed by atoms with Crippen molar-refractivity contribution >= 4 is 21.7 Å². The molecule has 0 radical (unpaired) electrons. The molecular weight excluding hydrogens is 308 g/mol. The molecule has 1 N–H and O–H groups in total. The number of hydrogen-bond donors (Lipinski definition) is 1. The smallest absolute Gasteiger partial charge is 0.265 e. The number of nitrogens with one attached hydrogen (secondary N) is 1. The van der Waals surface area contributed by atoms with Gasteiger partial charge in [-0.05, 0) is 12.5 Å². The summed E-state index contributed by atoms with van der Waals surface area (Å²) in [5.41, 5.74) is 0.879. The Hall–Kier alpha value is -2.75. The van der Waals surface area contributed by atoms with Gasteiger partial charge in [-0.3, -0.25) is 4.98 Å². The van der Waals surface area contributed by atoms with Crippen molar-refractivity contribution in [2.75, 3.05) is 11.8 Å². The van der Waals surface area contributed by atoms with Crippen molar-refractivity contribution < 1.29 is 13.2 Å². The fourth-order valence-electron chi connectivity index (χ4n) is 1.76. The van der Waals surface area contributed by atoms with Crippen LogP contribution in [0.1, 0.15) is 5.56 Å². The average Bonchev–Trinajstić information content (AvgIpc) is 2.87. The Morgan fingerprint density at radius 1 is 1.27 bits per heavy atom. The normalized spacial score (nSPS) is 11.5. The first-order valence-corrected chi connectivity index (χ1v) is 7.67. The minimum Gasteiger partial charge on any atom is -0.495 e. The minimum atomic E-state index is -3.86. The second-order valence-electron chi connectivity index (χ2n) is 4.48. The number of anilines is 1. The average molecular weight is 320 g/mol. The van der Waals surface area contributed by atoms with Crippen LogP contribution in [-0.2, 0) is 10.0 Å². The van der Waals surface area contributed by atoms with Crippen LogP contribution in [0.15, 0.2) is 35.7 Å². The van der Waals surface area contributed by atoms with Crippen molar-refractivity contribution in [1.82, 2.24) is 24.6 Å². The number of methoxy groups -OCH3 is 1. The van der Waals surface area contributed by atoms with Gasteiger partial charge in [0.1, 0.15) is 10.6 Å². The summed E-state index contributed by atoms with van der Waals surface area (Å²) in [6.45, 7) is 1.85. The van der Waals surface area contributed by atoms with Gasteiger partial charge in [-0.2, -0.15) is 4.98 Å². The van der Waals surface area contributed by atoms with E-state index in [-0.39, 0.29) is 10.8 Å². The van der Waals surface area contributed by atoms with E-state index in [9.17, 15) is 8.42 Å². The topological polar surface area (TPSA) is 111 Å². The molecule has 0 fully saturated rings. The number of pyridine rings is 1. The summed E-state index contributed by atoms with van der Waals surface area (Å²) in [5, 5.41) is 4.03. The van der Waals surface area contributed by atoms with E-state index >= 15 is 0 Å². The maximum Gasteiger partial charge on any atom is 0.265 e. The summed E-state index contributed by atoms with van der Waals surface area (Å²) in [5.74, 6) is 0.566. The summed E-state index contributed by atoms with van der Waals surface area (Å²) < 4.78 is 33.2. The molecule has 0 spiro atoms. The van der Waals surface area contributed by atoms with Gasteiger partial charge < -0.3 is 4.74 Å². The van der Waals surface area contributed by atoms with Gasteiger partial charge in [-0.15, -0.1) is 5.10 Å². The molecule has 9 nitrogen and oxygen atoms in total. The van der Waals surface area contributed by atoms with Gasteiger partial charge in [0.25, 0.3) is 21.7 Å². The van der Waals surface area contributed by atoms with E-state index in [4.69, 9.17) is 4.74 Å². The van der Waals surface area contributed by atoms with Crippen LogP contribution in [-0.4, -0.2) is 40.1 Å². The maximum absolute atomic E-state index is 12.3. The highest BCUT2D eigenvalue weighted by atomic mass is 32.2. The molecule has 10 heteroatoms. The van der Waals surface area contributed by atoms with Crippen molar-refractivity contribution in [3.63, 3.8) is 0 Å². The zero-order valence-corrected chi connectivity index (χ0v) is 12.6. The standard InChI is InChI=1S/C12H12N6O3S/c1-8-4-14-12-15-11(16-18(12)7-8)17-22(19,20)10-3-9(21-2)5-13-6-10/h3-7H,1-2H3,(H,16,17). The van der Waals surface area contributed by atoms with E-state index in [1.807, 2.05) is 6.92 Å². The van der Waals surface area contributed by atoms with Gasteiger partial charge in [-0.1, -0.05) is 0 Å². The van der Waals surface area contributed by atoms with Gasteiger partial charge in [-0.25, -0.2) is 22.6 Å². The molecule has 3 aromatic rings. The molecular formula is C12H12N6O3S. The zero-order chi connectivity index (χ0) is 15.7. The highest BCUT2D eigenvalue weighted by molar-refractivity contribution is 7.92. The van der Waals surface area contributed by atoms with Crippen LogP contribution >= 0.6 is 0 Å². The number of rotatable bonds is 4. The Morgan fingerprint density at radius 2 is 2.09 bits per heavy atom. The van der Waals surface area contributed by atoms with Gasteiger partial charge in [0.2, 0.25) is 0 Å². The highest BCUT2D eigenvalue weighted by Crippen LogP contribution is 2.17. The number of sulfonamides is 1. The lowest BCUT2D eigenvalue weighted by Crippen LogP contribution is -2.14. The van der Waals surface area contributed by atoms with Crippen molar-refractivity contribution in [2.24, 2.45) is 0 Å². The van der Waals surface area contributed by atoms with Crippen LogP contribution < -0.4 is 9.46 Å². The van der Waals surface area contributed by atoms with Gasteiger partial charge in [0.05, 0.1) is 13.3 Å². The van der Waals surface area contributed by atoms with E-state index in [1.165, 1.54) is 30.1 Å². The minimum absolute atomic E-state index is 0.0464. The van der Waals surface area contributed by atoms with Crippen molar-refractivity contribution in [3.05, 3.63) is 36.4 Å². The first kappa shape index (κ1) is 14.2. The van der Waals surface area contributed by atoms with E-state index in [0.717, 1.165) is 5.56 Å². The molecule has 0 saturated heterocycles. The molecule has 22 heavy (non-hydrogen) atoms. The fourth-order valence-corrected chi connectivity index (χ4v) is 2.67. The molecule has 0 amide bonds. The second kappa shape index (κ2) is 5.22. The molecule has 114 valence electrons. The van der Waals surface area contributed by atoms with Crippen molar-refractivity contribution in [2.45, 2.75) is 11.8 Å². The molecule has 3 aromatic heterocycles. The van der Waals surface area contributed by atoms with E-state index < -0.39 is 10.0 Å². The largest absolute Gasteiger partial charge is 0.495 e. The Bertz CT molecular complexity index is 937. The number of nitrogens with zero attached hydrogens (tertiary/aromatic N) is 5. The molecule has 3 heterocycles. The van der Waals surface area contributed by atoms with Crippen LogP contribution in [0.3, 0.4) is 0 Å². The SMILES string of the molecule is COc1cncc(S(=O)(=O)Nc2nc3ncc(C)cn3n2)c1. The second-order valence-corrected chi connectivity index (χ2v) is 6.16. The molecule has 0 atom stereocenters. The number of ether oxygens (including phenoxy) is 1. The third-order valence-corrected chi connectivity index (χ3v) is 4.08. The van der Waals surface area contributed by atoms with Crippen molar-refractivity contribution in [1.29, 1.82) is 0 Å². The third-order valence-electron chi connectivity index (χ3n) is 2.78. The molecule has 0 aliphatic rings. The van der Waals surface area contributed by atoms with Crippen LogP contribution in [0.4, 0.5) is 5.95 Å². The van der Waals surface area contributed by atoms with Gasteiger partial charge in [0, 0.05) is 24.7 Å². The summed E-state index contributed by atoms with van der Waals surface area (Å²) in [6, 6.07) is 1.35. The lowest BCUT2D eigenvalue weighted by atomic mass is 10.4. The fraction of sp³-hybridized carbons (Fsp3) is 0.167. The predicted molar refractivity (Wildman–Crippen MR) is 77.1 cm³/mol. The number of hydrogen-bond acceptors (Lipinski definition) is 7. The van der Waals surface area contributed by atoms with Gasteiger partial charge >= 0.3 is 0 Å². The lowest BCUT2D eigenvalue weighted by Gasteiger charge is -2.05. The van der Waals surface area contributed by atoms with E-state index in [1.54, 1.807) is 12.4 Å². The molecule has 3 rings (SSSR count). The number of aryl methyl sites for hydroxylation is 1. The maximum atomic E-state index is 12.3. The Labute approximate surface area is 126 Å². The molecule has 0 saturated carbocycles. The van der Waals surface area contributed by atoms with Crippen LogP contribution in [0, 0.1) is 6.92 Å². The first-order chi connectivity index (χ1) is 10.5. The highest BCUT2D eigenvalue weighted by Gasteiger charge is 2.18.